The maximum Gasteiger partial charge on any atom is 0.338 e. The van der Waals surface area contributed by atoms with Crippen LogP contribution >= 0.6 is 24.0 Å². The fourth-order valence-corrected chi connectivity index (χ4v) is 5.45. The first kappa shape index (κ1) is 24.5. The molecule has 0 aliphatic heterocycles. The Balaban J connectivity index is 0.00000274. The van der Waals surface area contributed by atoms with Gasteiger partial charge in [0.2, 0.25) is 0 Å². The van der Waals surface area contributed by atoms with Gasteiger partial charge in [0.05, 0.1) is 11.2 Å². The normalized spacial score (nSPS) is 19.0. The summed E-state index contributed by atoms with van der Waals surface area (Å²) in [7, 11) is 0. The first-order chi connectivity index (χ1) is 16.0. The number of hydrogen-bond donors (Lipinski definition) is 1. The van der Waals surface area contributed by atoms with Crippen LogP contribution in [0.4, 0.5) is 10.1 Å². The lowest BCUT2D eigenvalue weighted by atomic mass is 9.76. The lowest BCUT2D eigenvalue weighted by molar-refractivity contribution is 0.302. The van der Waals surface area contributed by atoms with Gasteiger partial charge in [-0.15, -0.1) is 12.4 Å². The van der Waals surface area contributed by atoms with Crippen LogP contribution in [0.1, 0.15) is 50.5 Å². The van der Waals surface area contributed by atoms with E-state index < -0.39 is 0 Å². The molecule has 1 atom stereocenters. The third-order valence-corrected chi connectivity index (χ3v) is 7.05. The lowest BCUT2D eigenvalue weighted by Crippen LogP contribution is -2.23. The second-order valence-corrected chi connectivity index (χ2v) is 9.62. The van der Waals surface area contributed by atoms with Gasteiger partial charge < -0.3 is 9.73 Å². The maximum absolute atomic E-state index is 13.8. The minimum Gasteiger partial charge on any atom is -0.423 e. The summed E-state index contributed by atoms with van der Waals surface area (Å²) in [5.41, 5.74) is 2.96. The Morgan fingerprint density at radius 2 is 1.88 bits per heavy atom. The molecule has 4 nitrogen and oxygen atoms in total. The number of hydrogen-bond acceptors (Lipinski definition) is 4. The van der Waals surface area contributed by atoms with Crippen LogP contribution in [-0.4, -0.2) is 11.0 Å². The van der Waals surface area contributed by atoms with E-state index in [1.807, 2.05) is 12.3 Å². The molecule has 2 heterocycles. The van der Waals surface area contributed by atoms with E-state index in [-0.39, 0.29) is 29.9 Å². The maximum atomic E-state index is 13.8. The van der Waals surface area contributed by atoms with E-state index in [4.69, 9.17) is 16.0 Å². The number of halogens is 3. The van der Waals surface area contributed by atoms with Gasteiger partial charge >= 0.3 is 5.63 Å². The number of nitrogens with one attached hydrogen (secondary N) is 1. The van der Waals surface area contributed by atoms with E-state index in [0.29, 0.717) is 22.4 Å². The van der Waals surface area contributed by atoms with Gasteiger partial charge in [-0.1, -0.05) is 11.6 Å². The largest absolute Gasteiger partial charge is 0.423 e. The summed E-state index contributed by atoms with van der Waals surface area (Å²) in [6, 6.07) is 14.0. The second-order valence-electron chi connectivity index (χ2n) is 9.18. The Kier molecular flexibility index (Phi) is 7.44. The van der Waals surface area contributed by atoms with Crippen molar-refractivity contribution in [1.82, 2.24) is 4.98 Å². The second kappa shape index (κ2) is 10.3. The fraction of sp³-hybridized carbons (Fsp3) is 0.333. The van der Waals surface area contributed by atoms with E-state index in [1.54, 1.807) is 24.3 Å². The van der Waals surface area contributed by atoms with Crippen molar-refractivity contribution in [3.63, 3.8) is 0 Å². The van der Waals surface area contributed by atoms with Crippen molar-refractivity contribution in [3.8, 4) is 0 Å². The van der Waals surface area contributed by atoms with Gasteiger partial charge in [-0.2, -0.15) is 0 Å². The highest BCUT2D eigenvalue weighted by Crippen LogP contribution is 2.40. The van der Waals surface area contributed by atoms with E-state index in [9.17, 15) is 9.18 Å². The van der Waals surface area contributed by atoms with Gasteiger partial charge in [-0.25, -0.2) is 9.18 Å². The molecule has 0 saturated heterocycles. The molecule has 1 saturated carbocycles. The number of aromatic nitrogens is 1. The fourth-order valence-electron chi connectivity index (χ4n) is 5.29. The van der Waals surface area contributed by atoms with Crippen molar-refractivity contribution in [2.24, 2.45) is 5.92 Å². The molecule has 1 aliphatic carbocycles. The van der Waals surface area contributed by atoms with Crippen LogP contribution in [0.15, 0.2) is 63.9 Å². The Bertz CT molecular complexity index is 1370. The molecule has 34 heavy (non-hydrogen) atoms. The average molecular weight is 501 g/mol. The molecule has 1 N–H and O–H groups in total. The van der Waals surface area contributed by atoms with Crippen LogP contribution < -0.4 is 10.9 Å². The standard InChI is InChI=1S/C27H26ClFN2O2.ClH/c1-16(31-25-15-27(32)33-26-13-19(28)6-8-22(25)26)12-17-2-4-18(5-3-17)21-10-11-30-24-9-7-20(29)14-23(21)24;/h6-11,13-18,31H,2-5,12H2,1H3;1H/t16-,17-,18-;/m1./s1. The van der Waals surface area contributed by atoms with Crippen molar-refractivity contribution in [3.05, 3.63) is 81.6 Å². The molecule has 1 aliphatic rings. The van der Waals surface area contributed by atoms with Crippen molar-refractivity contribution >= 4 is 51.6 Å². The Morgan fingerprint density at radius 1 is 1.09 bits per heavy atom. The molecular formula is C27H27Cl2FN2O2. The smallest absolute Gasteiger partial charge is 0.338 e. The third-order valence-electron chi connectivity index (χ3n) is 6.82. The third kappa shape index (κ3) is 5.21. The zero-order valence-corrected chi connectivity index (χ0v) is 20.5. The molecule has 2 aromatic carbocycles. The highest BCUT2D eigenvalue weighted by molar-refractivity contribution is 6.31. The Morgan fingerprint density at radius 3 is 2.68 bits per heavy atom. The molecule has 0 spiro atoms. The van der Waals surface area contributed by atoms with Crippen LogP contribution in [0.3, 0.4) is 0 Å². The zero-order chi connectivity index (χ0) is 22.9. The van der Waals surface area contributed by atoms with Gasteiger partial charge in [0.25, 0.3) is 0 Å². The number of anilines is 1. The predicted octanol–water partition coefficient (Wildman–Crippen LogP) is 7.72. The van der Waals surface area contributed by atoms with E-state index in [2.05, 4.69) is 23.3 Å². The topological polar surface area (TPSA) is 55.1 Å². The molecule has 2 aromatic heterocycles. The number of rotatable bonds is 5. The predicted molar refractivity (Wildman–Crippen MR) is 139 cm³/mol. The molecule has 1 fully saturated rings. The quantitative estimate of drug-likeness (QED) is 0.285. The molecule has 4 aromatic rings. The summed E-state index contributed by atoms with van der Waals surface area (Å²) in [6.45, 7) is 2.15. The SMILES string of the molecule is C[C@H](C[C@H]1CC[C@H](c2ccnc3ccc(F)cc32)CC1)Nc1cc(=O)oc2cc(Cl)ccc12.Cl. The van der Waals surface area contributed by atoms with Gasteiger partial charge in [-0.05, 0) is 92.8 Å². The molecular weight excluding hydrogens is 474 g/mol. The summed E-state index contributed by atoms with van der Waals surface area (Å²) < 4.78 is 19.1. The van der Waals surface area contributed by atoms with Crippen molar-refractivity contribution in [1.29, 1.82) is 0 Å². The van der Waals surface area contributed by atoms with Gasteiger partial charge in [0.15, 0.2) is 0 Å². The van der Waals surface area contributed by atoms with E-state index in [0.717, 1.165) is 54.1 Å². The molecule has 0 bridgehead atoms. The van der Waals surface area contributed by atoms with Gasteiger partial charge in [-0.3, -0.25) is 4.98 Å². The van der Waals surface area contributed by atoms with Crippen molar-refractivity contribution in [2.45, 2.75) is 51.0 Å². The van der Waals surface area contributed by atoms with Gasteiger partial charge in [0.1, 0.15) is 11.4 Å². The van der Waals surface area contributed by atoms with Crippen molar-refractivity contribution < 1.29 is 8.81 Å². The summed E-state index contributed by atoms with van der Waals surface area (Å²) in [5.74, 6) is 0.828. The van der Waals surface area contributed by atoms with Gasteiger partial charge in [0, 0.05) is 40.2 Å². The first-order valence-electron chi connectivity index (χ1n) is 11.5. The van der Waals surface area contributed by atoms with E-state index in [1.165, 1.54) is 17.7 Å². The van der Waals surface area contributed by atoms with Crippen LogP contribution in [0.2, 0.25) is 5.02 Å². The summed E-state index contributed by atoms with van der Waals surface area (Å²) in [6.07, 6.45) is 7.29. The monoisotopic (exact) mass is 500 g/mol. The highest BCUT2D eigenvalue weighted by Gasteiger charge is 2.25. The highest BCUT2D eigenvalue weighted by atomic mass is 35.5. The summed E-state index contributed by atoms with van der Waals surface area (Å²) in [5, 5.41) is 5.84. The molecule has 178 valence electrons. The Hall–Kier alpha value is -2.63. The van der Waals surface area contributed by atoms with Crippen LogP contribution in [0, 0.1) is 11.7 Å². The lowest BCUT2D eigenvalue weighted by Gasteiger charge is -2.31. The van der Waals surface area contributed by atoms with Crippen LogP contribution in [0.25, 0.3) is 21.9 Å². The minimum absolute atomic E-state index is 0. The van der Waals surface area contributed by atoms with Crippen LogP contribution in [0.5, 0.6) is 0 Å². The number of benzene rings is 2. The number of pyridine rings is 1. The van der Waals surface area contributed by atoms with Crippen molar-refractivity contribution in [2.75, 3.05) is 5.32 Å². The summed E-state index contributed by atoms with van der Waals surface area (Å²) >= 11 is 6.05. The Labute approximate surface area is 208 Å². The molecule has 0 amide bonds. The zero-order valence-electron chi connectivity index (χ0n) is 18.9. The first-order valence-corrected chi connectivity index (χ1v) is 11.9. The molecule has 5 rings (SSSR count). The minimum atomic E-state index is -0.388. The summed E-state index contributed by atoms with van der Waals surface area (Å²) in [4.78, 5) is 16.4. The van der Waals surface area contributed by atoms with Crippen LogP contribution in [-0.2, 0) is 0 Å². The average Bonchev–Trinajstić information content (AvgIpc) is 2.78. The molecule has 7 heteroatoms. The van der Waals surface area contributed by atoms with E-state index >= 15 is 0 Å². The molecule has 0 unspecified atom stereocenters. The number of fused-ring (bicyclic) bond motifs is 2. The molecule has 0 radical (unpaired) electrons. The number of nitrogens with zero attached hydrogens (tertiary/aromatic N) is 1.